The normalized spacial score (nSPS) is 20.2. The first-order valence-corrected chi connectivity index (χ1v) is 11.5. The van der Waals surface area contributed by atoms with E-state index in [-0.39, 0.29) is 17.8 Å². The summed E-state index contributed by atoms with van der Waals surface area (Å²) in [4.78, 5) is 0. The maximum Gasteiger partial charge on any atom is 0.240 e. The Kier molecular flexibility index (Phi) is 4.91. The number of anilines is 1. The highest BCUT2D eigenvalue weighted by Gasteiger charge is 2.44. The van der Waals surface area contributed by atoms with Crippen molar-refractivity contribution in [3.8, 4) is 16.9 Å². The first-order chi connectivity index (χ1) is 15.6. The van der Waals surface area contributed by atoms with Gasteiger partial charge in [0.2, 0.25) is 5.79 Å². The van der Waals surface area contributed by atoms with Crippen LogP contribution in [-0.2, 0) is 12.2 Å². The van der Waals surface area contributed by atoms with E-state index in [9.17, 15) is 9.50 Å². The van der Waals surface area contributed by atoms with E-state index in [4.69, 9.17) is 4.74 Å². The van der Waals surface area contributed by atoms with Crippen LogP contribution in [0.3, 0.4) is 0 Å². The van der Waals surface area contributed by atoms with Gasteiger partial charge >= 0.3 is 0 Å². The predicted octanol–water partition coefficient (Wildman–Crippen LogP) is 7.00. The number of nitrogens with one attached hydrogen (secondary N) is 1. The van der Waals surface area contributed by atoms with E-state index in [0.29, 0.717) is 22.8 Å². The van der Waals surface area contributed by atoms with Gasteiger partial charge in [-0.2, -0.15) is 0 Å². The van der Waals surface area contributed by atoms with Crippen molar-refractivity contribution in [1.29, 1.82) is 0 Å². The fourth-order valence-corrected chi connectivity index (χ4v) is 5.42. The summed E-state index contributed by atoms with van der Waals surface area (Å²) >= 11 is 0. The van der Waals surface area contributed by atoms with Crippen LogP contribution < -0.4 is 10.1 Å². The van der Waals surface area contributed by atoms with E-state index < -0.39 is 5.79 Å². The minimum atomic E-state index is -1.60. The molecule has 0 aliphatic carbocycles. The summed E-state index contributed by atoms with van der Waals surface area (Å²) in [5, 5.41) is 15.8. The quantitative estimate of drug-likeness (QED) is 0.458. The highest BCUT2D eigenvalue weighted by Crippen LogP contribution is 2.51. The van der Waals surface area contributed by atoms with E-state index in [0.717, 1.165) is 28.0 Å². The second-order valence-electron chi connectivity index (χ2n) is 10.1. The lowest BCUT2D eigenvalue weighted by Gasteiger charge is -2.41. The molecule has 0 radical (unpaired) electrons. The Hall–Kier alpha value is -3.11. The molecular weight excluding hydrogens is 413 g/mol. The molecule has 2 N–H and O–H groups in total. The molecular formula is C29H30FNO2. The lowest BCUT2D eigenvalue weighted by Crippen LogP contribution is -2.41. The first-order valence-electron chi connectivity index (χ1n) is 11.5. The van der Waals surface area contributed by atoms with Crippen LogP contribution in [0.1, 0.15) is 62.8 Å². The van der Waals surface area contributed by atoms with Gasteiger partial charge in [-0.3, -0.25) is 0 Å². The molecule has 0 aromatic heterocycles. The van der Waals surface area contributed by atoms with Crippen LogP contribution in [0.4, 0.5) is 10.1 Å². The zero-order chi connectivity index (χ0) is 23.5. The van der Waals surface area contributed by atoms with Gasteiger partial charge in [0, 0.05) is 28.8 Å². The third-order valence-corrected chi connectivity index (χ3v) is 6.64. The molecule has 3 nitrogen and oxygen atoms in total. The van der Waals surface area contributed by atoms with E-state index in [1.165, 1.54) is 17.7 Å². The number of ether oxygens (including phenoxy) is 1. The van der Waals surface area contributed by atoms with Gasteiger partial charge in [0.1, 0.15) is 11.6 Å². The Labute approximate surface area is 194 Å². The van der Waals surface area contributed by atoms with Crippen LogP contribution in [0.5, 0.6) is 5.75 Å². The Balaban J connectivity index is 1.77. The molecule has 0 bridgehead atoms. The third-order valence-electron chi connectivity index (χ3n) is 6.64. The Bertz CT molecular complexity index is 1290. The lowest BCUT2D eigenvalue weighted by atomic mass is 9.78. The Morgan fingerprint density at radius 1 is 1.03 bits per heavy atom. The van der Waals surface area contributed by atoms with Crippen molar-refractivity contribution in [3.63, 3.8) is 0 Å². The topological polar surface area (TPSA) is 41.5 Å². The molecule has 2 heterocycles. The van der Waals surface area contributed by atoms with Crippen LogP contribution in [-0.4, -0.2) is 10.6 Å². The number of benzene rings is 3. The predicted molar refractivity (Wildman–Crippen MR) is 132 cm³/mol. The van der Waals surface area contributed by atoms with Gasteiger partial charge in [-0.05, 0) is 73.2 Å². The molecule has 4 heteroatoms. The number of hydrogen-bond acceptors (Lipinski definition) is 3. The molecule has 0 spiro atoms. The molecule has 170 valence electrons. The zero-order valence-corrected chi connectivity index (χ0v) is 19.8. The average molecular weight is 444 g/mol. The monoisotopic (exact) mass is 443 g/mol. The third kappa shape index (κ3) is 3.63. The highest BCUT2D eigenvalue weighted by molar-refractivity contribution is 5.90. The molecule has 0 saturated carbocycles. The van der Waals surface area contributed by atoms with Gasteiger partial charge in [-0.15, -0.1) is 0 Å². The number of rotatable bonds is 3. The summed E-state index contributed by atoms with van der Waals surface area (Å²) in [6.45, 7) is 10.6. The number of halogens is 1. The maximum absolute atomic E-state index is 14.2. The van der Waals surface area contributed by atoms with Crippen molar-refractivity contribution in [2.45, 2.75) is 58.3 Å². The number of fused-ring (bicyclic) bond motifs is 5. The molecule has 1 atom stereocenters. The van der Waals surface area contributed by atoms with Crippen LogP contribution in [0.25, 0.3) is 16.7 Å². The first kappa shape index (κ1) is 21.7. The lowest BCUT2D eigenvalue weighted by molar-refractivity contribution is -0.146. The molecule has 0 amide bonds. The summed E-state index contributed by atoms with van der Waals surface area (Å²) in [5.41, 5.74) is 7.07. The second kappa shape index (κ2) is 7.46. The number of aliphatic hydroxyl groups is 1. The van der Waals surface area contributed by atoms with E-state index in [1.807, 2.05) is 24.3 Å². The molecule has 5 rings (SSSR count). The number of hydrogen-bond donors (Lipinski definition) is 2. The maximum atomic E-state index is 14.2. The minimum absolute atomic E-state index is 0.215. The van der Waals surface area contributed by atoms with Crippen molar-refractivity contribution < 1.29 is 14.2 Å². The molecule has 2 aliphatic heterocycles. The van der Waals surface area contributed by atoms with Crippen LogP contribution in [0.2, 0.25) is 0 Å². The van der Waals surface area contributed by atoms with Gasteiger partial charge in [0.05, 0.1) is 5.54 Å². The SMILES string of the molecule is CC1=CC(C)(C)Nc2ccc3c(c21)C(O)(Cc1ccccc1C(C)C)Oc1ccc(F)cc1-3. The standard InChI is InChI=1S/C29H30FNO2/c1-17(2)21-9-7-6-8-19(21)16-29(32)27-22(23-14-20(30)10-13-25(23)33-29)11-12-24-26(27)18(3)15-28(4,5)31-24/h6-15,17,31-32H,16H2,1-5H3. The van der Waals surface area contributed by atoms with Crippen molar-refractivity contribution >= 4 is 11.3 Å². The molecule has 33 heavy (non-hydrogen) atoms. The van der Waals surface area contributed by atoms with Crippen LogP contribution in [0, 0.1) is 5.82 Å². The van der Waals surface area contributed by atoms with Gasteiger partial charge in [0.15, 0.2) is 0 Å². The summed E-state index contributed by atoms with van der Waals surface area (Å²) in [6, 6.07) is 16.6. The molecule has 3 aromatic carbocycles. The minimum Gasteiger partial charge on any atom is -0.457 e. The van der Waals surface area contributed by atoms with Gasteiger partial charge in [-0.1, -0.05) is 50.3 Å². The summed E-state index contributed by atoms with van der Waals surface area (Å²) in [7, 11) is 0. The number of allylic oxidation sites excluding steroid dienone is 1. The van der Waals surface area contributed by atoms with Crippen molar-refractivity contribution in [2.24, 2.45) is 0 Å². The van der Waals surface area contributed by atoms with E-state index in [2.05, 4.69) is 58.1 Å². The zero-order valence-electron chi connectivity index (χ0n) is 19.8. The Morgan fingerprint density at radius 3 is 2.55 bits per heavy atom. The summed E-state index contributed by atoms with van der Waals surface area (Å²) < 4.78 is 20.6. The van der Waals surface area contributed by atoms with E-state index in [1.54, 1.807) is 6.07 Å². The molecule has 0 fully saturated rings. The van der Waals surface area contributed by atoms with Crippen molar-refractivity contribution in [2.75, 3.05) is 5.32 Å². The Morgan fingerprint density at radius 2 is 1.79 bits per heavy atom. The van der Waals surface area contributed by atoms with Gasteiger partial charge < -0.3 is 15.2 Å². The summed E-state index contributed by atoms with van der Waals surface area (Å²) in [6.07, 6.45) is 2.46. The molecule has 3 aromatic rings. The molecule has 1 unspecified atom stereocenters. The largest absolute Gasteiger partial charge is 0.457 e. The van der Waals surface area contributed by atoms with E-state index >= 15 is 0 Å². The fourth-order valence-electron chi connectivity index (χ4n) is 5.42. The van der Waals surface area contributed by atoms with Crippen molar-refractivity contribution in [1.82, 2.24) is 0 Å². The summed E-state index contributed by atoms with van der Waals surface area (Å²) in [5.74, 6) is -1.14. The fraction of sp³-hybridized carbons (Fsp3) is 0.310. The molecule has 2 aliphatic rings. The average Bonchev–Trinajstić information content (AvgIpc) is 2.73. The molecule has 0 saturated heterocycles. The smallest absolute Gasteiger partial charge is 0.240 e. The second-order valence-corrected chi connectivity index (χ2v) is 10.1. The van der Waals surface area contributed by atoms with Gasteiger partial charge in [0.25, 0.3) is 0 Å². The highest BCUT2D eigenvalue weighted by atomic mass is 19.1. The van der Waals surface area contributed by atoms with Crippen molar-refractivity contribution in [3.05, 3.63) is 88.7 Å². The van der Waals surface area contributed by atoms with Crippen LogP contribution >= 0.6 is 0 Å². The van der Waals surface area contributed by atoms with Crippen LogP contribution in [0.15, 0.2) is 60.7 Å². The van der Waals surface area contributed by atoms with Gasteiger partial charge in [-0.25, -0.2) is 4.39 Å².